The van der Waals surface area contributed by atoms with Gasteiger partial charge < -0.3 is 8.85 Å². The largest absolute Gasteiger partial charge is 0.518 e. The molecular weight excluding hydrogens is 423 g/mol. The molecule has 1 rings (SSSR count). The lowest BCUT2D eigenvalue weighted by Gasteiger charge is -2.51. The number of carbonyl (C=O) groups is 1. The molecule has 1 saturated heterocycles. The van der Waals surface area contributed by atoms with E-state index in [0.717, 1.165) is 12.8 Å². The number of rotatable bonds is 5. The van der Waals surface area contributed by atoms with Crippen LogP contribution < -0.4 is 0 Å². The van der Waals surface area contributed by atoms with Crippen LogP contribution in [0.15, 0.2) is 0 Å². The van der Waals surface area contributed by atoms with Gasteiger partial charge in [-0.2, -0.15) is 0 Å². The second kappa shape index (κ2) is 8.43. The third-order valence-corrected chi connectivity index (χ3v) is 22.8. The average Bonchev–Trinajstić information content (AvgIpc) is 2.86. The van der Waals surface area contributed by atoms with Gasteiger partial charge >= 0.3 is 5.97 Å². The maximum Gasteiger partial charge on any atom is 0.309 e. The van der Waals surface area contributed by atoms with Crippen molar-refractivity contribution >= 4 is 30.8 Å². The van der Waals surface area contributed by atoms with Gasteiger partial charge in [-0.1, -0.05) is 75.4 Å². The Labute approximate surface area is 190 Å². The third-order valence-electron chi connectivity index (χ3n) is 8.48. The normalized spacial score (nSPS) is 23.0. The highest BCUT2D eigenvalue weighted by Crippen LogP contribution is 2.47. The van der Waals surface area contributed by atoms with Crippen LogP contribution in [-0.4, -0.2) is 47.7 Å². The Hall–Kier alpha value is 0.0406. The number of nitrogens with zero attached hydrogens (tertiary/aromatic N) is 1. The number of carbonyl (C=O) groups excluding carboxylic acids is 1. The maximum atomic E-state index is 13.5. The van der Waals surface area contributed by atoms with Crippen LogP contribution in [0.3, 0.4) is 0 Å². The van der Waals surface area contributed by atoms with Crippen molar-refractivity contribution in [3.8, 4) is 0 Å². The fourth-order valence-corrected chi connectivity index (χ4v) is 8.26. The molecule has 0 spiro atoms. The van der Waals surface area contributed by atoms with E-state index in [-0.39, 0.29) is 33.4 Å². The zero-order valence-corrected chi connectivity index (χ0v) is 25.7. The lowest BCUT2D eigenvalue weighted by molar-refractivity contribution is -0.140. The highest BCUT2D eigenvalue weighted by atomic mass is 28.4. The summed E-state index contributed by atoms with van der Waals surface area (Å²) in [7, 11) is -6.11. The molecule has 0 radical (unpaired) electrons. The molecule has 1 aliphatic heterocycles. The molecule has 1 unspecified atom stereocenters. The van der Waals surface area contributed by atoms with E-state index >= 15 is 0 Å². The summed E-state index contributed by atoms with van der Waals surface area (Å²) in [5.41, 5.74) is 0. The predicted molar refractivity (Wildman–Crippen MR) is 137 cm³/mol. The summed E-state index contributed by atoms with van der Waals surface area (Å²) in [6.45, 7) is 34.1. The van der Waals surface area contributed by atoms with Gasteiger partial charge in [0, 0.05) is 0 Å². The number of hydrogen-bond acceptors (Lipinski definition) is 4. The highest BCUT2D eigenvalue weighted by molar-refractivity contribution is 6.78. The van der Waals surface area contributed by atoms with E-state index in [1.54, 1.807) is 0 Å². The molecule has 0 aromatic rings. The van der Waals surface area contributed by atoms with E-state index < -0.39 is 24.9 Å². The Morgan fingerprint density at radius 1 is 0.733 bits per heavy atom. The fraction of sp³-hybridized carbons (Fsp3) is 0.957. The number of hydrogen-bond donors (Lipinski definition) is 0. The topological polar surface area (TPSA) is 38.8 Å². The SMILES string of the molecule is CC(C)(C)[Si](C)(C)OC(=O)[C@@H]1CCC(O[Si](C)(C)C(C)(C)C)N1[Si](C)(C)C(C)(C)C. The summed E-state index contributed by atoms with van der Waals surface area (Å²) in [5, 5.41) is 0.286. The Morgan fingerprint density at radius 3 is 1.53 bits per heavy atom. The van der Waals surface area contributed by atoms with Gasteiger partial charge in [-0.25, -0.2) is 0 Å². The minimum atomic E-state index is -2.16. The fourth-order valence-electron chi connectivity index (χ4n) is 3.25. The molecule has 0 amide bonds. The summed E-state index contributed by atoms with van der Waals surface area (Å²) in [6, 6.07) is -0.185. The van der Waals surface area contributed by atoms with Crippen LogP contribution in [-0.2, 0) is 13.6 Å². The van der Waals surface area contributed by atoms with E-state index in [0.29, 0.717) is 0 Å². The molecular formula is C23H51NO3Si3. The first-order valence-electron chi connectivity index (χ1n) is 11.6. The van der Waals surface area contributed by atoms with Gasteiger partial charge in [0.1, 0.15) is 14.3 Å². The predicted octanol–water partition coefficient (Wildman–Crippen LogP) is 7.35. The van der Waals surface area contributed by atoms with Gasteiger partial charge in [0.25, 0.3) is 8.32 Å². The standard InChI is InChI=1S/C23H51NO3Si3/c1-21(2,3)28(10,11)24-18(20(25)27-30(14,15)23(7,8)9)16-17-19(24)26-29(12,13)22(4,5)6/h18-19H,16-17H2,1-15H3/t18-,19?/m0/s1. The monoisotopic (exact) mass is 473 g/mol. The molecule has 4 nitrogen and oxygen atoms in total. The smallest absolute Gasteiger partial charge is 0.309 e. The molecule has 1 fully saturated rings. The highest BCUT2D eigenvalue weighted by Gasteiger charge is 2.55. The quantitative estimate of drug-likeness (QED) is 0.391. The van der Waals surface area contributed by atoms with Crippen LogP contribution in [0, 0.1) is 0 Å². The second-order valence-corrected chi connectivity index (χ2v) is 28.4. The van der Waals surface area contributed by atoms with Gasteiger partial charge in [-0.05, 0) is 54.1 Å². The Kier molecular flexibility index (Phi) is 7.89. The van der Waals surface area contributed by atoms with Gasteiger partial charge in [-0.15, -0.1) is 0 Å². The first kappa shape index (κ1) is 28.1. The molecule has 2 atom stereocenters. The molecule has 0 bridgehead atoms. The lowest BCUT2D eigenvalue weighted by atomic mass is 10.2. The van der Waals surface area contributed by atoms with Crippen LogP contribution in [0.2, 0.25) is 54.4 Å². The van der Waals surface area contributed by atoms with Crippen molar-refractivity contribution in [2.75, 3.05) is 0 Å². The molecule has 1 aliphatic rings. The van der Waals surface area contributed by atoms with Gasteiger partial charge in [0.15, 0.2) is 8.32 Å². The molecule has 178 valence electrons. The maximum absolute atomic E-state index is 13.5. The van der Waals surface area contributed by atoms with E-state index in [1.165, 1.54) is 0 Å². The van der Waals surface area contributed by atoms with Gasteiger partial charge in [0.2, 0.25) is 0 Å². The summed E-state index contributed by atoms with van der Waals surface area (Å²) >= 11 is 0. The van der Waals surface area contributed by atoms with Crippen molar-refractivity contribution in [3.05, 3.63) is 0 Å². The van der Waals surface area contributed by atoms with Crippen LogP contribution in [0.25, 0.3) is 0 Å². The second-order valence-electron chi connectivity index (χ2n) is 13.8. The minimum absolute atomic E-state index is 0.0140. The molecule has 0 saturated carbocycles. The van der Waals surface area contributed by atoms with Crippen LogP contribution in [0.1, 0.15) is 75.2 Å². The van der Waals surface area contributed by atoms with E-state index in [1.807, 2.05) is 0 Å². The zero-order valence-electron chi connectivity index (χ0n) is 22.7. The molecule has 0 aromatic heterocycles. The van der Waals surface area contributed by atoms with Crippen molar-refractivity contribution in [2.45, 2.75) is 142 Å². The Balaban J connectivity index is 3.33. The van der Waals surface area contributed by atoms with Crippen LogP contribution >= 0.6 is 0 Å². The molecule has 30 heavy (non-hydrogen) atoms. The van der Waals surface area contributed by atoms with Crippen molar-refractivity contribution in [2.24, 2.45) is 0 Å². The first-order chi connectivity index (χ1) is 13.0. The summed E-state index contributed by atoms with van der Waals surface area (Å²) < 4.78 is 15.7. The molecule has 0 aromatic carbocycles. The lowest BCUT2D eigenvalue weighted by Crippen LogP contribution is -2.64. The van der Waals surface area contributed by atoms with Crippen molar-refractivity contribution in [1.29, 1.82) is 0 Å². The van der Waals surface area contributed by atoms with Gasteiger partial charge in [-0.3, -0.25) is 9.36 Å². The van der Waals surface area contributed by atoms with Crippen molar-refractivity contribution in [1.82, 2.24) is 4.57 Å². The van der Waals surface area contributed by atoms with Crippen molar-refractivity contribution in [3.63, 3.8) is 0 Å². The molecule has 0 N–H and O–H groups in total. The van der Waals surface area contributed by atoms with E-state index in [9.17, 15) is 4.79 Å². The Bertz CT molecular complexity index is 625. The molecule has 1 heterocycles. The average molecular weight is 474 g/mol. The first-order valence-corrected chi connectivity index (χ1v) is 20.4. The minimum Gasteiger partial charge on any atom is -0.518 e. The van der Waals surface area contributed by atoms with Crippen LogP contribution in [0.5, 0.6) is 0 Å². The van der Waals surface area contributed by atoms with E-state index in [4.69, 9.17) is 8.85 Å². The summed E-state index contributed by atoms with van der Waals surface area (Å²) in [4.78, 5) is 13.5. The summed E-state index contributed by atoms with van der Waals surface area (Å²) in [5.74, 6) is -0.0206. The zero-order chi connectivity index (χ0) is 24.1. The third kappa shape index (κ3) is 5.69. The van der Waals surface area contributed by atoms with E-state index in [2.05, 4.69) is 106 Å². The van der Waals surface area contributed by atoms with Crippen LogP contribution in [0.4, 0.5) is 0 Å². The van der Waals surface area contributed by atoms with Gasteiger partial charge in [0.05, 0.1) is 6.23 Å². The molecule has 0 aliphatic carbocycles. The Morgan fingerprint density at radius 2 is 1.17 bits per heavy atom. The van der Waals surface area contributed by atoms with Crippen molar-refractivity contribution < 1.29 is 13.6 Å². The molecule has 7 heteroatoms. The summed E-state index contributed by atoms with van der Waals surface area (Å²) in [6.07, 6.45) is 1.76.